The van der Waals surface area contributed by atoms with Crippen molar-refractivity contribution in [1.82, 2.24) is 9.78 Å². The minimum Gasteiger partial charge on any atom is -0.396 e. The molecule has 1 heterocycles. The van der Waals surface area contributed by atoms with Crippen LogP contribution in [0, 0.1) is 13.8 Å². The quantitative estimate of drug-likeness (QED) is 0.870. The van der Waals surface area contributed by atoms with Crippen molar-refractivity contribution in [3.05, 3.63) is 46.2 Å². The third-order valence-corrected chi connectivity index (χ3v) is 2.89. The van der Waals surface area contributed by atoms with Gasteiger partial charge in [0.25, 0.3) is 0 Å². The van der Waals surface area contributed by atoms with Gasteiger partial charge in [0.1, 0.15) is 0 Å². The van der Waals surface area contributed by atoms with Crippen molar-refractivity contribution in [2.45, 2.75) is 20.4 Å². The van der Waals surface area contributed by atoms with Gasteiger partial charge in [-0.15, -0.1) is 0 Å². The van der Waals surface area contributed by atoms with Gasteiger partial charge in [0, 0.05) is 5.02 Å². The van der Waals surface area contributed by atoms with Crippen LogP contribution in [0.2, 0.25) is 5.02 Å². The van der Waals surface area contributed by atoms with Crippen LogP contribution in [0.1, 0.15) is 17.0 Å². The van der Waals surface area contributed by atoms with Crippen LogP contribution in [0.5, 0.6) is 0 Å². The summed E-state index contributed by atoms with van der Waals surface area (Å²) in [4.78, 5) is 0. The van der Waals surface area contributed by atoms with Crippen molar-refractivity contribution < 1.29 is 0 Å². The molecule has 0 unspecified atom stereocenters. The van der Waals surface area contributed by atoms with Crippen LogP contribution in [-0.4, -0.2) is 9.78 Å². The second-order valence-corrected chi connectivity index (χ2v) is 4.31. The molecule has 0 bridgehead atoms. The fourth-order valence-electron chi connectivity index (χ4n) is 1.67. The van der Waals surface area contributed by atoms with E-state index in [9.17, 15) is 0 Å². The van der Waals surface area contributed by atoms with Crippen molar-refractivity contribution in [2.75, 3.05) is 5.73 Å². The lowest BCUT2D eigenvalue weighted by Crippen LogP contribution is -2.04. The van der Waals surface area contributed by atoms with E-state index in [1.165, 1.54) is 0 Å². The second-order valence-electron chi connectivity index (χ2n) is 3.87. The minimum absolute atomic E-state index is 0.699. The van der Waals surface area contributed by atoms with Crippen molar-refractivity contribution in [1.29, 1.82) is 0 Å². The molecule has 0 fully saturated rings. The first-order chi connectivity index (χ1) is 7.58. The second kappa shape index (κ2) is 4.18. The Bertz CT molecular complexity index is 517. The highest BCUT2D eigenvalue weighted by Crippen LogP contribution is 2.17. The molecule has 0 aliphatic heterocycles. The number of halogens is 1. The monoisotopic (exact) mass is 235 g/mol. The summed E-state index contributed by atoms with van der Waals surface area (Å²) in [5.74, 6) is 0. The zero-order chi connectivity index (χ0) is 11.7. The Hall–Kier alpha value is -1.48. The lowest BCUT2D eigenvalue weighted by atomic mass is 10.2. The van der Waals surface area contributed by atoms with Crippen LogP contribution >= 0.6 is 11.6 Å². The van der Waals surface area contributed by atoms with E-state index in [-0.39, 0.29) is 0 Å². The maximum absolute atomic E-state index is 5.93. The van der Waals surface area contributed by atoms with E-state index in [0.29, 0.717) is 6.54 Å². The minimum atomic E-state index is 0.699. The normalized spacial score (nSPS) is 10.7. The van der Waals surface area contributed by atoms with Gasteiger partial charge < -0.3 is 5.73 Å². The SMILES string of the molecule is Cc1nn(Cc2cccc(Cl)c2)c(C)c1N. The predicted molar refractivity (Wildman–Crippen MR) is 66.7 cm³/mol. The number of rotatable bonds is 2. The van der Waals surface area contributed by atoms with Crippen LogP contribution in [0.4, 0.5) is 5.69 Å². The molecule has 0 saturated carbocycles. The van der Waals surface area contributed by atoms with E-state index < -0.39 is 0 Å². The number of aromatic nitrogens is 2. The number of benzene rings is 1. The Morgan fingerprint density at radius 1 is 1.38 bits per heavy atom. The molecule has 84 valence electrons. The van der Waals surface area contributed by atoms with Gasteiger partial charge >= 0.3 is 0 Å². The van der Waals surface area contributed by atoms with Crippen molar-refractivity contribution in [3.8, 4) is 0 Å². The van der Waals surface area contributed by atoms with Gasteiger partial charge in [0.15, 0.2) is 0 Å². The van der Waals surface area contributed by atoms with Crippen LogP contribution in [-0.2, 0) is 6.54 Å². The fraction of sp³-hybridized carbons (Fsp3) is 0.250. The lowest BCUT2D eigenvalue weighted by Gasteiger charge is -2.05. The van der Waals surface area contributed by atoms with E-state index >= 15 is 0 Å². The molecule has 4 heteroatoms. The van der Waals surface area contributed by atoms with E-state index in [1.807, 2.05) is 42.8 Å². The molecule has 0 aliphatic carbocycles. The van der Waals surface area contributed by atoms with Crippen LogP contribution in [0.25, 0.3) is 0 Å². The fourth-order valence-corrected chi connectivity index (χ4v) is 1.89. The molecule has 0 atom stereocenters. The van der Waals surface area contributed by atoms with Gasteiger partial charge in [-0.25, -0.2) is 0 Å². The predicted octanol–water partition coefficient (Wildman–Crippen LogP) is 2.78. The van der Waals surface area contributed by atoms with E-state index in [1.54, 1.807) is 0 Å². The lowest BCUT2D eigenvalue weighted by molar-refractivity contribution is 0.659. The standard InChI is InChI=1S/C12H14ClN3/c1-8-12(14)9(2)16(15-8)7-10-4-3-5-11(13)6-10/h3-6H,7,14H2,1-2H3. The summed E-state index contributed by atoms with van der Waals surface area (Å²) in [5.41, 5.74) is 9.64. The molecule has 2 N–H and O–H groups in total. The van der Waals surface area contributed by atoms with E-state index in [4.69, 9.17) is 17.3 Å². The van der Waals surface area contributed by atoms with Gasteiger partial charge in [0.2, 0.25) is 0 Å². The van der Waals surface area contributed by atoms with Crippen molar-refractivity contribution >= 4 is 17.3 Å². The summed E-state index contributed by atoms with van der Waals surface area (Å²) in [6, 6.07) is 7.76. The molecule has 0 radical (unpaired) electrons. The first-order valence-corrected chi connectivity index (χ1v) is 5.49. The summed E-state index contributed by atoms with van der Waals surface area (Å²) in [6.45, 7) is 4.58. The Labute approximate surface area is 99.8 Å². The van der Waals surface area contributed by atoms with E-state index in [2.05, 4.69) is 5.10 Å². The molecule has 2 rings (SSSR count). The first-order valence-electron chi connectivity index (χ1n) is 5.12. The third kappa shape index (κ3) is 2.04. The number of nitrogen functional groups attached to an aromatic ring is 1. The average molecular weight is 236 g/mol. The summed E-state index contributed by atoms with van der Waals surface area (Å²) >= 11 is 5.93. The molecule has 1 aromatic carbocycles. The number of nitrogens with zero attached hydrogens (tertiary/aromatic N) is 2. The van der Waals surface area contributed by atoms with Gasteiger partial charge in [-0.05, 0) is 31.5 Å². The Morgan fingerprint density at radius 3 is 2.69 bits per heavy atom. The number of nitrogens with two attached hydrogens (primary N) is 1. The summed E-state index contributed by atoms with van der Waals surface area (Å²) in [7, 11) is 0. The van der Waals surface area contributed by atoms with Crippen LogP contribution < -0.4 is 5.73 Å². The molecule has 1 aromatic heterocycles. The number of hydrogen-bond donors (Lipinski definition) is 1. The van der Waals surface area contributed by atoms with Gasteiger partial charge in [-0.2, -0.15) is 5.10 Å². The van der Waals surface area contributed by atoms with Gasteiger partial charge in [-0.3, -0.25) is 4.68 Å². The number of hydrogen-bond acceptors (Lipinski definition) is 2. The van der Waals surface area contributed by atoms with Crippen LogP contribution in [0.15, 0.2) is 24.3 Å². The molecule has 16 heavy (non-hydrogen) atoms. The van der Waals surface area contributed by atoms with Crippen molar-refractivity contribution in [3.63, 3.8) is 0 Å². The van der Waals surface area contributed by atoms with Crippen LogP contribution in [0.3, 0.4) is 0 Å². The Morgan fingerprint density at radius 2 is 2.12 bits per heavy atom. The summed E-state index contributed by atoms with van der Waals surface area (Å²) in [6.07, 6.45) is 0. The maximum Gasteiger partial charge on any atom is 0.0826 e. The highest BCUT2D eigenvalue weighted by atomic mass is 35.5. The molecule has 2 aromatic rings. The smallest absolute Gasteiger partial charge is 0.0826 e. The average Bonchev–Trinajstić information content (AvgIpc) is 2.47. The number of anilines is 1. The number of aryl methyl sites for hydroxylation is 1. The van der Waals surface area contributed by atoms with E-state index in [0.717, 1.165) is 27.7 Å². The summed E-state index contributed by atoms with van der Waals surface area (Å²) < 4.78 is 1.90. The zero-order valence-electron chi connectivity index (χ0n) is 9.37. The zero-order valence-corrected chi connectivity index (χ0v) is 10.1. The van der Waals surface area contributed by atoms with Gasteiger partial charge in [-0.1, -0.05) is 23.7 Å². The molecule has 3 nitrogen and oxygen atoms in total. The molecule has 0 saturated heterocycles. The Kier molecular flexibility index (Phi) is 2.88. The summed E-state index contributed by atoms with van der Waals surface area (Å²) in [5, 5.41) is 5.13. The molecular formula is C12H14ClN3. The molecule has 0 aliphatic rings. The molecule has 0 amide bonds. The van der Waals surface area contributed by atoms with Crippen molar-refractivity contribution in [2.24, 2.45) is 0 Å². The topological polar surface area (TPSA) is 43.8 Å². The first kappa shape index (κ1) is 11.0. The molecular weight excluding hydrogens is 222 g/mol. The third-order valence-electron chi connectivity index (χ3n) is 2.66. The maximum atomic E-state index is 5.93. The largest absolute Gasteiger partial charge is 0.396 e. The Balaban J connectivity index is 2.30. The molecule has 0 spiro atoms. The van der Waals surface area contributed by atoms with Gasteiger partial charge in [0.05, 0.1) is 23.6 Å². The highest BCUT2D eigenvalue weighted by Gasteiger charge is 2.08. The highest BCUT2D eigenvalue weighted by molar-refractivity contribution is 6.30.